The van der Waals surface area contributed by atoms with Crippen LogP contribution >= 0.6 is 0 Å². The van der Waals surface area contributed by atoms with E-state index in [9.17, 15) is 9.59 Å². The van der Waals surface area contributed by atoms with Crippen LogP contribution in [-0.4, -0.2) is 66.8 Å². The molecule has 1 saturated heterocycles. The monoisotopic (exact) mass is 253 g/mol. The molecular weight excluding hydrogens is 234 g/mol. The lowest BCUT2D eigenvalue weighted by atomic mass is 10.2. The number of likely N-dealkylation sites (tertiary alicyclic amines) is 1. The molecule has 0 aromatic rings. The van der Waals surface area contributed by atoms with Crippen molar-refractivity contribution in [3.05, 3.63) is 0 Å². The summed E-state index contributed by atoms with van der Waals surface area (Å²) in [6.07, 6.45) is 1.60. The van der Waals surface area contributed by atoms with Crippen molar-refractivity contribution in [2.75, 3.05) is 27.2 Å². The number of amides is 2. The van der Waals surface area contributed by atoms with Crippen LogP contribution in [-0.2, 0) is 14.3 Å². The van der Waals surface area contributed by atoms with Crippen LogP contribution in [0.3, 0.4) is 0 Å². The van der Waals surface area contributed by atoms with Gasteiger partial charge in [-0.1, -0.05) is 0 Å². The second-order valence-electron chi connectivity index (χ2n) is 4.90. The van der Waals surface area contributed by atoms with E-state index in [1.807, 2.05) is 0 Å². The van der Waals surface area contributed by atoms with Gasteiger partial charge in [-0.2, -0.15) is 0 Å². The first-order valence-electron chi connectivity index (χ1n) is 6.19. The molecular formula is C12H19N3O3. The van der Waals surface area contributed by atoms with E-state index < -0.39 is 6.04 Å². The highest BCUT2D eigenvalue weighted by Gasteiger charge is 2.39. The summed E-state index contributed by atoms with van der Waals surface area (Å²) < 4.78 is 5.20. The van der Waals surface area contributed by atoms with Crippen molar-refractivity contribution in [1.82, 2.24) is 9.80 Å². The number of likely N-dealkylation sites (N-methyl/N-ethyl adjacent to an activating group) is 1. The highest BCUT2D eigenvalue weighted by Crippen LogP contribution is 2.21. The maximum absolute atomic E-state index is 12.3. The van der Waals surface area contributed by atoms with E-state index in [1.165, 1.54) is 4.90 Å². The molecule has 0 N–H and O–H groups in total. The maximum Gasteiger partial charge on any atom is 0.251 e. The van der Waals surface area contributed by atoms with Crippen molar-refractivity contribution in [1.29, 1.82) is 0 Å². The van der Waals surface area contributed by atoms with Crippen molar-refractivity contribution in [2.45, 2.75) is 31.8 Å². The lowest BCUT2D eigenvalue weighted by Crippen LogP contribution is -2.48. The predicted molar refractivity (Wildman–Crippen MR) is 66.3 cm³/mol. The zero-order valence-corrected chi connectivity index (χ0v) is 11.0. The van der Waals surface area contributed by atoms with Crippen molar-refractivity contribution in [3.8, 4) is 0 Å². The quantitative estimate of drug-likeness (QED) is 0.689. The van der Waals surface area contributed by atoms with E-state index in [-0.39, 0.29) is 17.9 Å². The fourth-order valence-electron chi connectivity index (χ4n) is 2.40. The molecule has 2 rings (SSSR count). The number of rotatable bonds is 2. The molecule has 6 nitrogen and oxygen atoms in total. The van der Waals surface area contributed by atoms with E-state index in [2.05, 4.69) is 4.99 Å². The first-order valence-corrected chi connectivity index (χ1v) is 6.19. The number of hydrogen-bond donors (Lipinski definition) is 0. The summed E-state index contributed by atoms with van der Waals surface area (Å²) in [4.78, 5) is 31.6. The Morgan fingerprint density at radius 1 is 1.44 bits per heavy atom. The zero-order valence-electron chi connectivity index (χ0n) is 11.0. The van der Waals surface area contributed by atoms with Crippen molar-refractivity contribution in [2.24, 2.45) is 4.99 Å². The molecule has 0 spiro atoms. The van der Waals surface area contributed by atoms with Crippen LogP contribution in [0.5, 0.6) is 0 Å². The van der Waals surface area contributed by atoms with Gasteiger partial charge >= 0.3 is 0 Å². The molecule has 2 amide bonds. The van der Waals surface area contributed by atoms with Gasteiger partial charge in [-0.25, -0.2) is 4.99 Å². The number of ether oxygens (including phenoxy) is 1. The van der Waals surface area contributed by atoms with Crippen LogP contribution in [0, 0.1) is 0 Å². The molecule has 0 radical (unpaired) electrons. The van der Waals surface area contributed by atoms with Gasteiger partial charge in [0.25, 0.3) is 5.91 Å². The van der Waals surface area contributed by atoms with Crippen LogP contribution in [0.2, 0.25) is 0 Å². The molecule has 2 heterocycles. The Morgan fingerprint density at radius 2 is 2.17 bits per heavy atom. The summed E-state index contributed by atoms with van der Waals surface area (Å²) in [5.74, 6) is 0.438. The zero-order chi connectivity index (χ0) is 13.3. The fraction of sp³-hybridized carbons (Fsp3) is 0.750. The topological polar surface area (TPSA) is 62.2 Å². The largest absolute Gasteiger partial charge is 0.478 e. The van der Waals surface area contributed by atoms with E-state index in [0.717, 1.165) is 12.8 Å². The Morgan fingerprint density at radius 3 is 2.72 bits per heavy atom. The molecule has 2 atom stereocenters. The van der Waals surface area contributed by atoms with E-state index in [1.54, 1.807) is 25.9 Å². The smallest absolute Gasteiger partial charge is 0.251 e. The Bertz CT molecular complexity index is 392. The van der Waals surface area contributed by atoms with Gasteiger partial charge < -0.3 is 14.5 Å². The maximum atomic E-state index is 12.3. The van der Waals surface area contributed by atoms with Gasteiger partial charge in [-0.05, 0) is 12.8 Å². The van der Waals surface area contributed by atoms with Crippen LogP contribution < -0.4 is 0 Å². The van der Waals surface area contributed by atoms with Crippen molar-refractivity contribution < 1.29 is 14.3 Å². The number of aliphatic imine (C=N–C) groups is 1. The molecule has 0 bridgehead atoms. The molecule has 100 valence electrons. The van der Waals surface area contributed by atoms with Gasteiger partial charge in [-0.15, -0.1) is 0 Å². The van der Waals surface area contributed by atoms with Gasteiger partial charge in [0.2, 0.25) is 5.91 Å². The Hall–Kier alpha value is -1.59. The second kappa shape index (κ2) is 4.96. The van der Waals surface area contributed by atoms with E-state index >= 15 is 0 Å². The summed E-state index contributed by atoms with van der Waals surface area (Å²) in [5.41, 5.74) is 0. The highest BCUT2D eigenvalue weighted by molar-refractivity contribution is 5.92. The second-order valence-corrected chi connectivity index (χ2v) is 4.90. The van der Waals surface area contributed by atoms with Crippen LogP contribution in [0.25, 0.3) is 0 Å². The molecule has 6 heteroatoms. The van der Waals surface area contributed by atoms with Gasteiger partial charge in [0, 0.05) is 27.6 Å². The average Bonchev–Trinajstić information content (AvgIpc) is 2.95. The number of carbonyl (C=O) groups is 2. The van der Waals surface area contributed by atoms with Gasteiger partial charge in [0.1, 0.15) is 12.6 Å². The molecule has 0 saturated carbocycles. The van der Waals surface area contributed by atoms with E-state index in [4.69, 9.17) is 4.74 Å². The summed E-state index contributed by atoms with van der Waals surface area (Å²) >= 11 is 0. The minimum Gasteiger partial charge on any atom is -0.478 e. The third kappa shape index (κ3) is 2.32. The van der Waals surface area contributed by atoms with Crippen LogP contribution in [0.4, 0.5) is 0 Å². The van der Waals surface area contributed by atoms with Gasteiger partial charge in [-0.3, -0.25) is 9.59 Å². The summed E-state index contributed by atoms with van der Waals surface area (Å²) in [6, 6.07) is -0.802. The number of nitrogens with zero attached hydrogens (tertiary/aromatic N) is 3. The minimum absolute atomic E-state index is 0.0135. The highest BCUT2D eigenvalue weighted by atomic mass is 16.5. The molecule has 0 aromatic heterocycles. The third-order valence-corrected chi connectivity index (χ3v) is 3.33. The summed E-state index contributed by atoms with van der Waals surface area (Å²) in [7, 11) is 3.43. The summed E-state index contributed by atoms with van der Waals surface area (Å²) in [6.45, 7) is 2.66. The summed E-state index contributed by atoms with van der Waals surface area (Å²) in [5, 5.41) is 0. The normalized spacial score (nSPS) is 26.8. The molecule has 18 heavy (non-hydrogen) atoms. The van der Waals surface area contributed by atoms with Crippen molar-refractivity contribution in [3.63, 3.8) is 0 Å². The third-order valence-electron chi connectivity index (χ3n) is 3.33. The van der Waals surface area contributed by atoms with Gasteiger partial charge in [0.15, 0.2) is 11.9 Å². The van der Waals surface area contributed by atoms with Gasteiger partial charge in [0.05, 0.1) is 0 Å². The SMILES string of the molecule is CC1=NC(C(=O)N2CCC[C@H]2C(=O)N(C)C)CO1. The molecule has 0 aliphatic carbocycles. The van der Waals surface area contributed by atoms with Crippen LogP contribution in [0.15, 0.2) is 4.99 Å². The first kappa shape index (κ1) is 12.9. The standard InChI is InChI=1S/C12H19N3O3/c1-8-13-9(7-18-8)11(16)15-6-4-5-10(15)12(17)14(2)3/h9-10H,4-7H2,1-3H3/t9?,10-/m0/s1. The predicted octanol–water partition coefficient (Wildman–Crippen LogP) is -0.117. The lowest BCUT2D eigenvalue weighted by Gasteiger charge is -2.27. The van der Waals surface area contributed by atoms with Crippen molar-refractivity contribution >= 4 is 17.7 Å². The Balaban J connectivity index is 2.07. The molecule has 1 unspecified atom stereocenters. The molecule has 1 fully saturated rings. The number of carbonyl (C=O) groups excluding carboxylic acids is 2. The average molecular weight is 253 g/mol. The lowest BCUT2D eigenvalue weighted by molar-refractivity contribution is -0.143. The molecule has 2 aliphatic heterocycles. The molecule has 0 aromatic carbocycles. The first-order chi connectivity index (χ1) is 8.50. The molecule has 2 aliphatic rings. The van der Waals surface area contributed by atoms with Crippen LogP contribution in [0.1, 0.15) is 19.8 Å². The van der Waals surface area contributed by atoms with E-state index in [0.29, 0.717) is 19.0 Å². The Kier molecular flexibility index (Phi) is 3.54. The number of hydrogen-bond acceptors (Lipinski definition) is 4. The minimum atomic E-state index is -0.472. The Labute approximate surface area is 107 Å². The fourth-order valence-corrected chi connectivity index (χ4v) is 2.40.